The van der Waals surface area contributed by atoms with E-state index in [4.69, 9.17) is 0 Å². The molecular weight excluding hydrogens is 320 g/mol. The van der Waals surface area contributed by atoms with Crippen molar-refractivity contribution in [3.05, 3.63) is 43.0 Å². The quantitative estimate of drug-likeness (QED) is 0.526. The summed E-state index contributed by atoms with van der Waals surface area (Å²) in [6.45, 7) is 5.93. The van der Waals surface area contributed by atoms with Crippen LogP contribution in [0.15, 0.2) is 47.9 Å². The first-order valence-corrected chi connectivity index (χ1v) is 10.6. The van der Waals surface area contributed by atoms with Gasteiger partial charge in [0, 0.05) is 5.92 Å². The summed E-state index contributed by atoms with van der Waals surface area (Å²) in [6.07, 6.45) is 7.57. The van der Waals surface area contributed by atoms with Crippen molar-refractivity contribution in [2.45, 2.75) is 74.0 Å². The number of allylic oxidation sites excluding steroid dienone is 1. The van der Waals surface area contributed by atoms with Crippen LogP contribution in [0, 0.1) is 5.92 Å². The van der Waals surface area contributed by atoms with E-state index in [1.165, 1.54) is 0 Å². The van der Waals surface area contributed by atoms with Gasteiger partial charge in [-0.2, -0.15) is 0 Å². The number of unbranched alkanes of at least 4 members (excludes halogenated alkanes) is 2. The summed E-state index contributed by atoms with van der Waals surface area (Å²) in [5, 5.41) is 10.7. The van der Waals surface area contributed by atoms with Gasteiger partial charge in [-0.25, -0.2) is 8.42 Å². The molecule has 1 aliphatic carbocycles. The lowest BCUT2D eigenvalue weighted by molar-refractivity contribution is 0.0823. The molecule has 3 atom stereocenters. The highest BCUT2D eigenvalue weighted by molar-refractivity contribution is 7.92. The summed E-state index contributed by atoms with van der Waals surface area (Å²) in [5.41, 5.74) is 0. The maximum atomic E-state index is 13.4. The third-order valence-electron chi connectivity index (χ3n) is 5.44. The molecule has 0 aliphatic heterocycles. The van der Waals surface area contributed by atoms with Crippen molar-refractivity contribution in [2.75, 3.05) is 0 Å². The van der Waals surface area contributed by atoms with Crippen molar-refractivity contribution < 1.29 is 13.5 Å². The van der Waals surface area contributed by atoms with Crippen LogP contribution in [0.5, 0.6) is 0 Å². The zero-order valence-electron chi connectivity index (χ0n) is 14.7. The second-order valence-corrected chi connectivity index (χ2v) is 9.23. The Kier molecular flexibility index (Phi) is 6.64. The SMILES string of the molecule is C=CC[C@@]1(S(=O)(=O)c2ccccc2)CCC[C@H]1[C@@H](O)CCCCC. The first-order chi connectivity index (χ1) is 11.5. The molecule has 1 saturated carbocycles. The van der Waals surface area contributed by atoms with E-state index in [0.29, 0.717) is 24.2 Å². The van der Waals surface area contributed by atoms with Gasteiger partial charge in [-0.1, -0.05) is 56.9 Å². The molecule has 4 heteroatoms. The Morgan fingerprint density at radius 2 is 2.04 bits per heavy atom. The van der Waals surface area contributed by atoms with Gasteiger partial charge in [-0.3, -0.25) is 0 Å². The summed E-state index contributed by atoms with van der Waals surface area (Å²) < 4.78 is 25.9. The fourth-order valence-corrected chi connectivity index (χ4v) is 6.60. The van der Waals surface area contributed by atoms with E-state index in [2.05, 4.69) is 13.5 Å². The Balaban J connectivity index is 2.36. The lowest BCUT2D eigenvalue weighted by atomic mass is 9.85. The molecule has 0 spiro atoms. The molecule has 2 rings (SSSR count). The predicted octanol–water partition coefficient (Wildman–Crippen LogP) is 4.52. The van der Waals surface area contributed by atoms with Gasteiger partial charge in [0.05, 0.1) is 15.7 Å². The van der Waals surface area contributed by atoms with Crippen LogP contribution in [-0.2, 0) is 9.84 Å². The van der Waals surface area contributed by atoms with Gasteiger partial charge in [-0.15, -0.1) is 6.58 Å². The van der Waals surface area contributed by atoms with Crippen molar-refractivity contribution in [3.63, 3.8) is 0 Å². The largest absolute Gasteiger partial charge is 0.393 e. The van der Waals surface area contributed by atoms with Gasteiger partial charge in [-0.05, 0) is 37.8 Å². The zero-order chi connectivity index (χ0) is 17.6. The smallest absolute Gasteiger partial charge is 0.184 e. The number of benzene rings is 1. The molecule has 1 fully saturated rings. The Bertz CT molecular complexity index is 624. The van der Waals surface area contributed by atoms with Gasteiger partial charge >= 0.3 is 0 Å². The fourth-order valence-electron chi connectivity index (χ4n) is 4.19. The average molecular weight is 351 g/mol. The Morgan fingerprint density at radius 1 is 1.33 bits per heavy atom. The highest BCUT2D eigenvalue weighted by Crippen LogP contribution is 2.49. The van der Waals surface area contributed by atoms with Crippen molar-refractivity contribution >= 4 is 9.84 Å². The van der Waals surface area contributed by atoms with Crippen molar-refractivity contribution in [3.8, 4) is 0 Å². The third-order valence-corrected chi connectivity index (χ3v) is 8.07. The third kappa shape index (κ3) is 3.60. The zero-order valence-corrected chi connectivity index (χ0v) is 15.5. The Labute approximate surface area is 146 Å². The van der Waals surface area contributed by atoms with Crippen LogP contribution >= 0.6 is 0 Å². The van der Waals surface area contributed by atoms with Crippen LogP contribution in [0.1, 0.15) is 58.3 Å². The van der Waals surface area contributed by atoms with Crippen molar-refractivity contribution in [2.24, 2.45) is 5.92 Å². The van der Waals surface area contributed by atoms with Crippen LogP contribution in [0.4, 0.5) is 0 Å². The summed E-state index contributed by atoms with van der Waals surface area (Å²) in [7, 11) is -3.52. The number of hydrogen-bond acceptors (Lipinski definition) is 3. The molecule has 1 aromatic carbocycles. The van der Waals surface area contributed by atoms with Crippen LogP contribution < -0.4 is 0 Å². The van der Waals surface area contributed by atoms with Crippen LogP contribution in [-0.4, -0.2) is 24.4 Å². The first kappa shape index (κ1) is 19.2. The predicted molar refractivity (Wildman–Crippen MR) is 98.7 cm³/mol. The summed E-state index contributed by atoms with van der Waals surface area (Å²) in [4.78, 5) is 0.361. The van der Waals surface area contributed by atoms with E-state index < -0.39 is 20.7 Å². The van der Waals surface area contributed by atoms with Crippen molar-refractivity contribution in [1.82, 2.24) is 0 Å². The Morgan fingerprint density at radius 3 is 2.67 bits per heavy atom. The van der Waals surface area contributed by atoms with Gasteiger partial charge < -0.3 is 5.11 Å². The molecule has 0 bridgehead atoms. The minimum atomic E-state index is -3.52. The van der Waals surface area contributed by atoms with Crippen LogP contribution in [0.3, 0.4) is 0 Å². The van der Waals surface area contributed by atoms with Gasteiger partial charge in [0.1, 0.15) is 0 Å². The highest BCUT2D eigenvalue weighted by atomic mass is 32.2. The van der Waals surface area contributed by atoms with E-state index in [9.17, 15) is 13.5 Å². The molecule has 1 N–H and O–H groups in total. The topological polar surface area (TPSA) is 54.4 Å². The number of sulfone groups is 1. The van der Waals surface area contributed by atoms with Gasteiger partial charge in [0.25, 0.3) is 0 Å². The molecule has 0 radical (unpaired) electrons. The molecule has 1 aromatic rings. The Hall–Kier alpha value is -1.13. The average Bonchev–Trinajstić information content (AvgIpc) is 3.02. The molecule has 0 aromatic heterocycles. The number of hydrogen-bond donors (Lipinski definition) is 1. The van der Waals surface area contributed by atoms with E-state index in [1.807, 2.05) is 6.07 Å². The maximum absolute atomic E-state index is 13.4. The highest BCUT2D eigenvalue weighted by Gasteiger charge is 2.54. The number of aliphatic hydroxyl groups is 1. The molecule has 0 saturated heterocycles. The van der Waals surface area contributed by atoms with E-state index in [-0.39, 0.29) is 5.92 Å². The van der Waals surface area contributed by atoms with Gasteiger partial charge in [0.2, 0.25) is 0 Å². The maximum Gasteiger partial charge on any atom is 0.184 e. The minimum Gasteiger partial charge on any atom is -0.393 e. The van der Waals surface area contributed by atoms with Crippen LogP contribution in [0.25, 0.3) is 0 Å². The standard InChI is InChI=1S/C20H30O3S/c1-3-5-7-14-19(21)18-13-10-16-20(18,15-4-2)24(22,23)17-11-8-6-9-12-17/h4,6,8-9,11-12,18-19,21H,2-3,5,7,10,13-16H2,1H3/t18-,19-,20+/m0/s1. The van der Waals surface area contributed by atoms with E-state index in [0.717, 1.165) is 32.1 Å². The lowest BCUT2D eigenvalue weighted by Crippen LogP contribution is -2.46. The molecule has 134 valence electrons. The summed E-state index contributed by atoms with van der Waals surface area (Å²) >= 11 is 0. The molecule has 0 amide bonds. The molecule has 0 unspecified atom stereocenters. The number of aliphatic hydroxyl groups excluding tert-OH is 1. The number of rotatable bonds is 9. The minimum absolute atomic E-state index is 0.211. The first-order valence-electron chi connectivity index (χ1n) is 9.08. The second kappa shape index (κ2) is 8.30. The lowest BCUT2D eigenvalue weighted by Gasteiger charge is -2.37. The van der Waals surface area contributed by atoms with Crippen LogP contribution in [0.2, 0.25) is 0 Å². The summed E-state index contributed by atoms with van der Waals surface area (Å²) in [5.74, 6) is -0.211. The second-order valence-electron chi connectivity index (χ2n) is 6.94. The van der Waals surface area contributed by atoms with E-state index >= 15 is 0 Å². The monoisotopic (exact) mass is 350 g/mol. The molecule has 0 heterocycles. The molecule has 24 heavy (non-hydrogen) atoms. The molecular formula is C20H30O3S. The molecule has 3 nitrogen and oxygen atoms in total. The molecule has 1 aliphatic rings. The summed E-state index contributed by atoms with van der Waals surface area (Å²) in [6, 6.07) is 8.68. The van der Waals surface area contributed by atoms with Crippen molar-refractivity contribution in [1.29, 1.82) is 0 Å². The normalized spacial score (nSPS) is 25.5. The van der Waals surface area contributed by atoms with Gasteiger partial charge in [0.15, 0.2) is 9.84 Å². The fraction of sp³-hybridized carbons (Fsp3) is 0.600. The van der Waals surface area contributed by atoms with E-state index in [1.54, 1.807) is 30.3 Å².